The lowest BCUT2D eigenvalue weighted by Gasteiger charge is -2.24. The van der Waals surface area contributed by atoms with Gasteiger partial charge in [-0.05, 0) is 38.5 Å². The van der Waals surface area contributed by atoms with Crippen LogP contribution < -0.4 is 11.4 Å². The standard InChI is InChI=1S/C15H21N3O3S/c16-13(19)9-22-14-11-5-1-2-6-12(11)18(15(20)17-14)8-10-4-3-7-21-10/h10H,1-9H2,(H2,16,19)/t10-/m0/s1. The van der Waals surface area contributed by atoms with Gasteiger partial charge in [0.15, 0.2) is 0 Å². The Bertz CT molecular complexity index is 623. The molecule has 1 aliphatic carbocycles. The van der Waals surface area contributed by atoms with Gasteiger partial charge in [0.05, 0.1) is 18.4 Å². The summed E-state index contributed by atoms with van der Waals surface area (Å²) in [6, 6.07) is 0. The Morgan fingerprint density at radius 1 is 1.36 bits per heavy atom. The van der Waals surface area contributed by atoms with Crippen LogP contribution in [0.2, 0.25) is 0 Å². The SMILES string of the molecule is NC(=O)CSc1nc(=O)n(C[C@@H]2CCCO2)c2c1CCCC2. The van der Waals surface area contributed by atoms with Gasteiger partial charge in [0.2, 0.25) is 5.91 Å². The number of ether oxygens (including phenoxy) is 1. The summed E-state index contributed by atoms with van der Waals surface area (Å²) in [5.41, 5.74) is 7.17. The Morgan fingerprint density at radius 3 is 2.91 bits per heavy atom. The molecule has 1 aromatic heterocycles. The molecule has 0 saturated carbocycles. The molecular formula is C15H21N3O3S. The first-order chi connectivity index (χ1) is 10.6. The Kier molecular flexibility index (Phi) is 4.83. The number of amides is 1. The van der Waals surface area contributed by atoms with Crippen LogP contribution >= 0.6 is 11.8 Å². The minimum atomic E-state index is -0.389. The van der Waals surface area contributed by atoms with E-state index in [9.17, 15) is 9.59 Å². The molecule has 120 valence electrons. The molecule has 1 aliphatic heterocycles. The molecule has 1 aromatic rings. The Balaban J connectivity index is 1.93. The van der Waals surface area contributed by atoms with Crippen molar-refractivity contribution < 1.29 is 9.53 Å². The molecule has 6 nitrogen and oxygen atoms in total. The summed E-state index contributed by atoms with van der Waals surface area (Å²) in [4.78, 5) is 27.6. The number of nitrogens with two attached hydrogens (primary N) is 1. The van der Waals surface area contributed by atoms with Gasteiger partial charge < -0.3 is 10.5 Å². The number of nitrogens with zero attached hydrogens (tertiary/aromatic N) is 2. The number of carbonyl (C=O) groups is 1. The highest BCUT2D eigenvalue weighted by molar-refractivity contribution is 7.99. The van der Waals surface area contributed by atoms with Crippen LogP contribution in [0, 0.1) is 0 Å². The summed E-state index contributed by atoms with van der Waals surface area (Å²) in [5.74, 6) is -0.228. The summed E-state index contributed by atoms with van der Waals surface area (Å²) in [7, 11) is 0. The molecule has 1 atom stereocenters. The predicted octanol–water partition coefficient (Wildman–Crippen LogP) is 0.878. The van der Waals surface area contributed by atoms with Crippen molar-refractivity contribution >= 4 is 17.7 Å². The Labute approximate surface area is 133 Å². The van der Waals surface area contributed by atoms with Crippen molar-refractivity contribution in [2.45, 2.75) is 56.2 Å². The largest absolute Gasteiger partial charge is 0.376 e. The van der Waals surface area contributed by atoms with Crippen LogP contribution in [-0.4, -0.2) is 33.9 Å². The highest BCUT2D eigenvalue weighted by Crippen LogP contribution is 2.28. The number of hydrogen-bond acceptors (Lipinski definition) is 5. The fraction of sp³-hybridized carbons (Fsp3) is 0.667. The fourth-order valence-electron chi connectivity index (χ4n) is 3.19. The normalized spacial score (nSPS) is 20.8. The number of primary amides is 1. The van der Waals surface area contributed by atoms with Crippen molar-refractivity contribution in [2.24, 2.45) is 5.73 Å². The van der Waals surface area contributed by atoms with E-state index >= 15 is 0 Å². The molecule has 2 aliphatic rings. The average molecular weight is 323 g/mol. The number of aromatic nitrogens is 2. The van der Waals surface area contributed by atoms with E-state index in [1.54, 1.807) is 4.57 Å². The van der Waals surface area contributed by atoms with Gasteiger partial charge in [0.1, 0.15) is 5.03 Å². The summed E-state index contributed by atoms with van der Waals surface area (Å²) in [6.45, 7) is 1.37. The third kappa shape index (κ3) is 3.35. The van der Waals surface area contributed by atoms with Gasteiger partial charge in [-0.25, -0.2) is 4.79 Å². The zero-order chi connectivity index (χ0) is 15.5. The van der Waals surface area contributed by atoms with Crippen molar-refractivity contribution in [2.75, 3.05) is 12.4 Å². The summed E-state index contributed by atoms with van der Waals surface area (Å²) < 4.78 is 7.45. The maximum absolute atomic E-state index is 12.4. The second kappa shape index (κ2) is 6.83. The molecular weight excluding hydrogens is 302 g/mol. The molecule has 7 heteroatoms. The van der Waals surface area contributed by atoms with E-state index in [1.807, 2.05) is 0 Å². The third-order valence-electron chi connectivity index (χ3n) is 4.21. The van der Waals surface area contributed by atoms with Gasteiger partial charge in [-0.3, -0.25) is 9.36 Å². The lowest BCUT2D eigenvalue weighted by molar-refractivity contribution is -0.115. The van der Waals surface area contributed by atoms with E-state index in [0.717, 1.165) is 56.4 Å². The van der Waals surface area contributed by atoms with Crippen molar-refractivity contribution in [1.29, 1.82) is 0 Å². The van der Waals surface area contributed by atoms with Gasteiger partial charge in [-0.2, -0.15) is 4.98 Å². The number of rotatable bonds is 5. The first-order valence-corrected chi connectivity index (χ1v) is 8.79. The van der Waals surface area contributed by atoms with Crippen LogP contribution in [0.5, 0.6) is 0 Å². The van der Waals surface area contributed by atoms with Gasteiger partial charge in [0.25, 0.3) is 0 Å². The lowest BCUT2D eigenvalue weighted by atomic mass is 9.97. The number of hydrogen-bond donors (Lipinski definition) is 1. The lowest BCUT2D eigenvalue weighted by Crippen LogP contribution is -2.34. The van der Waals surface area contributed by atoms with Crippen molar-refractivity contribution in [3.8, 4) is 0 Å². The summed E-state index contributed by atoms with van der Waals surface area (Å²) in [6.07, 6.45) is 6.16. The molecule has 0 radical (unpaired) electrons. The average Bonchev–Trinajstić information content (AvgIpc) is 3.01. The molecule has 0 spiro atoms. The second-order valence-electron chi connectivity index (χ2n) is 5.83. The van der Waals surface area contributed by atoms with E-state index < -0.39 is 0 Å². The molecule has 1 amide bonds. The first-order valence-electron chi connectivity index (χ1n) is 7.80. The van der Waals surface area contributed by atoms with Crippen LogP contribution in [0.3, 0.4) is 0 Å². The van der Waals surface area contributed by atoms with Gasteiger partial charge in [-0.15, -0.1) is 0 Å². The van der Waals surface area contributed by atoms with Gasteiger partial charge >= 0.3 is 5.69 Å². The van der Waals surface area contributed by atoms with Crippen molar-refractivity contribution in [3.63, 3.8) is 0 Å². The monoisotopic (exact) mass is 323 g/mol. The molecule has 3 rings (SSSR count). The third-order valence-corrected chi connectivity index (χ3v) is 5.25. The Morgan fingerprint density at radius 2 is 2.18 bits per heavy atom. The topological polar surface area (TPSA) is 87.2 Å². The quantitative estimate of drug-likeness (QED) is 0.642. The smallest absolute Gasteiger partial charge is 0.348 e. The van der Waals surface area contributed by atoms with Crippen LogP contribution in [0.4, 0.5) is 0 Å². The highest BCUT2D eigenvalue weighted by Gasteiger charge is 2.24. The summed E-state index contributed by atoms with van der Waals surface area (Å²) >= 11 is 1.28. The van der Waals surface area contributed by atoms with Gasteiger partial charge in [-0.1, -0.05) is 11.8 Å². The number of fused-ring (bicyclic) bond motifs is 1. The maximum Gasteiger partial charge on any atom is 0.348 e. The fourth-order valence-corrected chi connectivity index (χ4v) is 4.00. The van der Waals surface area contributed by atoms with E-state index in [1.165, 1.54) is 11.8 Å². The highest BCUT2D eigenvalue weighted by atomic mass is 32.2. The molecule has 2 N–H and O–H groups in total. The summed E-state index contributed by atoms with van der Waals surface area (Å²) in [5, 5.41) is 0.682. The Hall–Kier alpha value is -1.34. The molecule has 1 saturated heterocycles. The molecule has 2 heterocycles. The zero-order valence-corrected chi connectivity index (χ0v) is 13.4. The molecule has 1 fully saturated rings. The van der Waals surface area contributed by atoms with Crippen LogP contribution in [0.1, 0.15) is 36.9 Å². The van der Waals surface area contributed by atoms with E-state index in [2.05, 4.69) is 4.98 Å². The zero-order valence-electron chi connectivity index (χ0n) is 12.5. The minimum absolute atomic E-state index is 0.120. The minimum Gasteiger partial charge on any atom is -0.376 e. The van der Waals surface area contributed by atoms with Crippen LogP contribution in [0.25, 0.3) is 0 Å². The first kappa shape index (κ1) is 15.6. The van der Waals surface area contributed by atoms with E-state index in [4.69, 9.17) is 10.5 Å². The van der Waals surface area contributed by atoms with Gasteiger partial charge in [0, 0.05) is 17.9 Å². The molecule has 0 aromatic carbocycles. The number of thioether (sulfide) groups is 1. The maximum atomic E-state index is 12.4. The van der Waals surface area contributed by atoms with Crippen LogP contribution in [0.15, 0.2) is 9.82 Å². The molecule has 0 unspecified atom stereocenters. The van der Waals surface area contributed by atoms with Crippen molar-refractivity contribution in [1.82, 2.24) is 9.55 Å². The van der Waals surface area contributed by atoms with Crippen molar-refractivity contribution in [3.05, 3.63) is 21.7 Å². The predicted molar refractivity (Wildman–Crippen MR) is 84.0 cm³/mol. The number of carbonyl (C=O) groups excluding carboxylic acids is 1. The van der Waals surface area contributed by atoms with E-state index in [0.29, 0.717) is 11.6 Å². The molecule has 0 bridgehead atoms. The van der Waals surface area contributed by atoms with E-state index in [-0.39, 0.29) is 23.5 Å². The molecule has 22 heavy (non-hydrogen) atoms. The second-order valence-corrected chi connectivity index (χ2v) is 6.80. The van der Waals surface area contributed by atoms with Crippen LogP contribution in [-0.2, 0) is 28.9 Å².